The zero-order chi connectivity index (χ0) is 16.2. The number of hydrogen-bond donors (Lipinski definition) is 1. The number of anilines is 1. The molecule has 23 heavy (non-hydrogen) atoms. The van der Waals surface area contributed by atoms with Crippen LogP contribution in [-0.2, 0) is 6.54 Å². The van der Waals surface area contributed by atoms with Gasteiger partial charge in [-0.25, -0.2) is 4.39 Å². The van der Waals surface area contributed by atoms with Gasteiger partial charge < -0.3 is 9.80 Å². The molecule has 1 saturated heterocycles. The minimum atomic E-state index is -0.389. The summed E-state index contributed by atoms with van der Waals surface area (Å²) in [4.78, 5) is 13.9. The molecule has 6 heteroatoms. The molecular formula is C17H19FN3O2+. The Kier molecular flexibility index (Phi) is 4.52. The van der Waals surface area contributed by atoms with Gasteiger partial charge in [-0.2, -0.15) is 0 Å². The summed E-state index contributed by atoms with van der Waals surface area (Å²) in [6, 6.07) is 13.6. The first-order chi connectivity index (χ1) is 11.1. The second-order valence-electron chi connectivity index (χ2n) is 5.78. The van der Waals surface area contributed by atoms with Crippen LogP contribution in [0.25, 0.3) is 0 Å². The number of nitrogens with one attached hydrogen (secondary N) is 1. The summed E-state index contributed by atoms with van der Waals surface area (Å²) in [6.07, 6.45) is 0. The van der Waals surface area contributed by atoms with Gasteiger partial charge in [0.2, 0.25) is 0 Å². The summed E-state index contributed by atoms with van der Waals surface area (Å²) in [5.41, 5.74) is 1.87. The van der Waals surface area contributed by atoms with E-state index in [9.17, 15) is 14.5 Å². The van der Waals surface area contributed by atoms with Gasteiger partial charge >= 0.3 is 0 Å². The number of rotatable bonds is 4. The van der Waals surface area contributed by atoms with E-state index in [0.717, 1.165) is 37.4 Å². The van der Waals surface area contributed by atoms with Gasteiger partial charge in [-0.15, -0.1) is 0 Å². The summed E-state index contributed by atoms with van der Waals surface area (Å²) in [5, 5.41) is 10.7. The lowest BCUT2D eigenvalue weighted by atomic mass is 10.1. The summed E-state index contributed by atoms with van der Waals surface area (Å²) >= 11 is 0. The number of quaternary nitrogens is 1. The van der Waals surface area contributed by atoms with E-state index in [1.165, 1.54) is 23.1 Å². The van der Waals surface area contributed by atoms with Crippen LogP contribution in [0, 0.1) is 15.9 Å². The molecule has 5 nitrogen and oxygen atoms in total. The number of nitro groups is 1. The van der Waals surface area contributed by atoms with Gasteiger partial charge in [-0.3, -0.25) is 10.1 Å². The molecule has 1 aliphatic heterocycles. The SMILES string of the molecule is O=[N+]([O-])c1ccc(N2CC[NH+](Cc3ccccc3F)CC2)cc1. The highest BCUT2D eigenvalue weighted by molar-refractivity contribution is 5.51. The van der Waals surface area contributed by atoms with E-state index in [1.54, 1.807) is 18.2 Å². The lowest BCUT2D eigenvalue weighted by Gasteiger charge is -2.33. The molecule has 1 N–H and O–H groups in total. The van der Waals surface area contributed by atoms with Crippen LogP contribution < -0.4 is 9.80 Å². The van der Waals surface area contributed by atoms with E-state index in [4.69, 9.17) is 0 Å². The van der Waals surface area contributed by atoms with Crippen molar-refractivity contribution in [3.63, 3.8) is 0 Å². The van der Waals surface area contributed by atoms with Crippen molar-refractivity contribution in [2.24, 2.45) is 0 Å². The van der Waals surface area contributed by atoms with Gasteiger partial charge in [0.05, 0.1) is 31.1 Å². The first kappa shape index (κ1) is 15.4. The van der Waals surface area contributed by atoms with Gasteiger partial charge in [0.1, 0.15) is 12.4 Å². The summed E-state index contributed by atoms with van der Waals surface area (Å²) in [5.74, 6) is -0.141. The molecule has 0 saturated carbocycles. The highest BCUT2D eigenvalue weighted by Crippen LogP contribution is 2.19. The zero-order valence-corrected chi connectivity index (χ0v) is 12.7. The van der Waals surface area contributed by atoms with E-state index in [1.807, 2.05) is 12.1 Å². The second-order valence-corrected chi connectivity index (χ2v) is 5.78. The second kappa shape index (κ2) is 6.75. The maximum Gasteiger partial charge on any atom is 0.269 e. The van der Waals surface area contributed by atoms with E-state index < -0.39 is 0 Å². The van der Waals surface area contributed by atoms with Crippen LogP contribution in [-0.4, -0.2) is 31.1 Å². The maximum atomic E-state index is 13.7. The molecule has 1 fully saturated rings. The van der Waals surface area contributed by atoms with Crippen LogP contribution in [0.5, 0.6) is 0 Å². The number of hydrogen-bond acceptors (Lipinski definition) is 3. The number of benzene rings is 2. The molecule has 0 aromatic heterocycles. The fourth-order valence-corrected chi connectivity index (χ4v) is 2.95. The molecule has 1 heterocycles. The molecule has 0 radical (unpaired) electrons. The van der Waals surface area contributed by atoms with Crippen LogP contribution in [0.2, 0.25) is 0 Å². The molecule has 0 unspecified atom stereocenters. The molecule has 0 amide bonds. The fourth-order valence-electron chi connectivity index (χ4n) is 2.95. The lowest BCUT2D eigenvalue weighted by molar-refractivity contribution is -0.914. The van der Waals surface area contributed by atoms with E-state index in [2.05, 4.69) is 4.90 Å². The van der Waals surface area contributed by atoms with Crippen molar-refractivity contribution in [2.45, 2.75) is 6.54 Å². The van der Waals surface area contributed by atoms with E-state index >= 15 is 0 Å². The highest BCUT2D eigenvalue weighted by atomic mass is 19.1. The van der Waals surface area contributed by atoms with Crippen LogP contribution >= 0.6 is 0 Å². The van der Waals surface area contributed by atoms with Gasteiger partial charge in [0.25, 0.3) is 5.69 Å². The predicted molar refractivity (Wildman–Crippen MR) is 86.1 cm³/mol. The third-order valence-corrected chi connectivity index (χ3v) is 4.29. The Morgan fingerprint density at radius 1 is 1.09 bits per heavy atom. The number of piperazine rings is 1. The number of non-ortho nitro benzene ring substituents is 1. The normalized spacial score (nSPS) is 15.6. The molecule has 0 aliphatic carbocycles. The Balaban J connectivity index is 1.58. The molecule has 0 spiro atoms. The van der Waals surface area contributed by atoms with Crippen LogP contribution in [0.3, 0.4) is 0 Å². The quantitative estimate of drug-likeness (QED) is 0.689. The largest absolute Gasteiger partial charge is 0.360 e. The van der Waals surface area contributed by atoms with Crippen LogP contribution in [0.15, 0.2) is 48.5 Å². The molecular weight excluding hydrogens is 297 g/mol. The summed E-state index contributed by atoms with van der Waals surface area (Å²) in [6.45, 7) is 4.26. The van der Waals surface area contributed by atoms with Crippen LogP contribution in [0.4, 0.5) is 15.8 Å². The zero-order valence-electron chi connectivity index (χ0n) is 12.7. The Morgan fingerprint density at radius 3 is 2.35 bits per heavy atom. The van der Waals surface area contributed by atoms with Crippen molar-refractivity contribution < 1.29 is 14.2 Å². The van der Waals surface area contributed by atoms with E-state index in [0.29, 0.717) is 6.54 Å². The summed E-state index contributed by atoms with van der Waals surface area (Å²) < 4.78 is 13.7. The number of halogens is 1. The molecule has 0 bridgehead atoms. The minimum absolute atomic E-state index is 0.109. The fraction of sp³-hybridized carbons (Fsp3) is 0.294. The molecule has 3 rings (SSSR count). The Hall–Kier alpha value is -2.47. The third kappa shape index (κ3) is 3.65. The molecule has 0 atom stereocenters. The molecule has 2 aromatic carbocycles. The van der Waals surface area contributed by atoms with Crippen molar-refractivity contribution in [1.82, 2.24) is 0 Å². The highest BCUT2D eigenvalue weighted by Gasteiger charge is 2.21. The van der Waals surface area contributed by atoms with Crippen molar-refractivity contribution in [3.05, 3.63) is 70.0 Å². The first-order valence-corrected chi connectivity index (χ1v) is 7.70. The molecule has 120 valence electrons. The molecule has 2 aromatic rings. The smallest absolute Gasteiger partial charge is 0.269 e. The van der Waals surface area contributed by atoms with Gasteiger partial charge in [-0.05, 0) is 18.2 Å². The average molecular weight is 316 g/mol. The lowest BCUT2D eigenvalue weighted by Crippen LogP contribution is -3.13. The van der Waals surface area contributed by atoms with Crippen molar-refractivity contribution in [3.8, 4) is 0 Å². The van der Waals surface area contributed by atoms with Gasteiger partial charge in [-0.1, -0.05) is 18.2 Å². The number of nitro benzene ring substituents is 1. The predicted octanol–water partition coefficient (Wildman–Crippen LogP) is 1.64. The number of nitrogens with zero attached hydrogens (tertiary/aromatic N) is 2. The Labute approximate surface area is 134 Å². The topological polar surface area (TPSA) is 50.8 Å². The minimum Gasteiger partial charge on any atom is -0.360 e. The van der Waals surface area contributed by atoms with Crippen LogP contribution in [0.1, 0.15) is 5.56 Å². The van der Waals surface area contributed by atoms with E-state index in [-0.39, 0.29) is 16.4 Å². The standard InChI is InChI=1S/C17H18FN3O2/c18-17-4-2-1-3-14(17)13-19-9-11-20(12-10-19)15-5-7-16(8-6-15)21(22)23/h1-8H,9-13H2/p+1. The third-order valence-electron chi connectivity index (χ3n) is 4.29. The van der Waals surface area contributed by atoms with Gasteiger partial charge in [0, 0.05) is 23.4 Å². The van der Waals surface area contributed by atoms with Crippen molar-refractivity contribution in [2.75, 3.05) is 31.1 Å². The monoisotopic (exact) mass is 316 g/mol. The average Bonchev–Trinajstić information content (AvgIpc) is 2.58. The maximum absolute atomic E-state index is 13.7. The Bertz CT molecular complexity index is 682. The van der Waals surface area contributed by atoms with Gasteiger partial charge in [0.15, 0.2) is 0 Å². The summed E-state index contributed by atoms with van der Waals surface area (Å²) in [7, 11) is 0. The van der Waals surface area contributed by atoms with Crippen molar-refractivity contribution in [1.29, 1.82) is 0 Å². The first-order valence-electron chi connectivity index (χ1n) is 7.70. The Morgan fingerprint density at radius 2 is 1.74 bits per heavy atom. The molecule has 1 aliphatic rings. The van der Waals surface area contributed by atoms with Crippen molar-refractivity contribution >= 4 is 11.4 Å².